The highest BCUT2D eigenvalue weighted by molar-refractivity contribution is 7.92. The van der Waals surface area contributed by atoms with Gasteiger partial charge in [-0.2, -0.15) is 10.1 Å². The molecule has 0 atom stereocenters. The zero-order chi connectivity index (χ0) is 26.7. The van der Waals surface area contributed by atoms with Gasteiger partial charge in [0, 0.05) is 18.7 Å². The van der Waals surface area contributed by atoms with E-state index in [2.05, 4.69) is 30.6 Å². The first-order chi connectivity index (χ1) is 17.7. The van der Waals surface area contributed by atoms with Crippen LogP contribution in [0.2, 0.25) is 0 Å². The smallest absolute Gasteiger partial charge is 0.269 e. The van der Waals surface area contributed by atoms with Gasteiger partial charge in [0.25, 0.3) is 21.5 Å². The molecule has 0 aliphatic carbocycles. The van der Waals surface area contributed by atoms with Crippen LogP contribution in [0.4, 0.5) is 11.6 Å². The molecular formula is C22H23N7O7S. The van der Waals surface area contributed by atoms with E-state index in [1.54, 1.807) is 13.1 Å². The van der Waals surface area contributed by atoms with Crippen LogP contribution in [0.5, 0.6) is 17.2 Å². The number of carbonyl (C=O) groups excluding carboxylic acids is 1. The van der Waals surface area contributed by atoms with Crippen LogP contribution in [0.25, 0.3) is 11.0 Å². The van der Waals surface area contributed by atoms with E-state index in [4.69, 9.17) is 14.2 Å². The zero-order valence-electron chi connectivity index (χ0n) is 20.1. The number of anilines is 2. The maximum absolute atomic E-state index is 13.2. The Kier molecular flexibility index (Phi) is 6.88. The van der Waals surface area contributed by atoms with Crippen molar-refractivity contribution in [2.75, 3.05) is 31.5 Å². The second kappa shape index (κ2) is 10.1. The Balaban J connectivity index is 1.59. The number of hydrogen-bond donors (Lipinski definition) is 4. The molecule has 194 valence electrons. The molecule has 0 unspecified atom stereocenters. The Labute approximate surface area is 210 Å². The fourth-order valence-electron chi connectivity index (χ4n) is 3.39. The highest BCUT2D eigenvalue weighted by Gasteiger charge is 2.23. The Morgan fingerprint density at radius 1 is 1.03 bits per heavy atom. The molecule has 2 aromatic heterocycles. The number of aromatic amines is 1. The van der Waals surface area contributed by atoms with Gasteiger partial charge >= 0.3 is 0 Å². The van der Waals surface area contributed by atoms with E-state index >= 15 is 0 Å². The number of H-pyrrole nitrogens is 1. The molecule has 37 heavy (non-hydrogen) atoms. The lowest BCUT2D eigenvalue weighted by Crippen LogP contribution is -2.31. The number of carbonyl (C=O) groups is 1. The summed E-state index contributed by atoms with van der Waals surface area (Å²) < 4.78 is 45.9. The summed E-state index contributed by atoms with van der Waals surface area (Å²) in [6.07, 6.45) is 1.37. The Bertz CT molecular complexity index is 1650. The van der Waals surface area contributed by atoms with Gasteiger partial charge in [-0.05, 0) is 30.3 Å². The van der Waals surface area contributed by atoms with E-state index in [1.165, 1.54) is 56.5 Å². The third-order valence-corrected chi connectivity index (χ3v) is 6.65. The average molecular weight is 530 g/mol. The van der Waals surface area contributed by atoms with E-state index < -0.39 is 21.5 Å². The first-order valence-electron chi connectivity index (χ1n) is 10.6. The highest BCUT2D eigenvalue weighted by atomic mass is 32.2. The van der Waals surface area contributed by atoms with Crippen molar-refractivity contribution in [1.29, 1.82) is 0 Å². The molecule has 4 N–H and O–H groups in total. The molecular weight excluding hydrogens is 506 g/mol. The molecule has 0 bridgehead atoms. The normalized spacial score (nSPS) is 11.1. The van der Waals surface area contributed by atoms with Crippen molar-refractivity contribution in [3.8, 4) is 17.2 Å². The highest BCUT2D eigenvalue weighted by Crippen LogP contribution is 2.33. The molecule has 15 heteroatoms. The molecule has 4 aromatic rings. The SMILES string of the molecule is COc1ccc(NS(=O)(=O)c2cc(C(=O)NNc3nc4c(cnn4C)c(=O)[nH]3)ccc2OC)c(OC)c1. The van der Waals surface area contributed by atoms with Gasteiger partial charge in [-0.3, -0.25) is 34.8 Å². The van der Waals surface area contributed by atoms with Gasteiger partial charge in [0.2, 0.25) is 5.95 Å². The van der Waals surface area contributed by atoms with Gasteiger partial charge < -0.3 is 14.2 Å². The van der Waals surface area contributed by atoms with Crippen LogP contribution in [0.1, 0.15) is 10.4 Å². The van der Waals surface area contributed by atoms with E-state index in [-0.39, 0.29) is 39.0 Å². The fraction of sp³-hybridized carbons (Fsp3) is 0.182. The van der Waals surface area contributed by atoms with Crippen LogP contribution >= 0.6 is 0 Å². The minimum Gasteiger partial charge on any atom is -0.497 e. The number of benzene rings is 2. The minimum absolute atomic E-state index is 0.0112. The maximum atomic E-state index is 13.2. The zero-order valence-corrected chi connectivity index (χ0v) is 21.0. The van der Waals surface area contributed by atoms with Crippen LogP contribution in [0.3, 0.4) is 0 Å². The number of aryl methyl sites for hydroxylation is 1. The Hall–Kier alpha value is -4.79. The standard InChI is InChI=1S/C22H23N7O7S/c1-29-19-14(11-23-29)21(31)25-22(24-19)27-26-20(30)12-5-8-16(35-3)18(9-12)37(32,33)28-15-7-6-13(34-2)10-17(15)36-4/h5-11,28H,1-4H3,(H,26,30)(H2,24,25,27,31). The van der Waals surface area contributed by atoms with Crippen molar-refractivity contribution in [2.45, 2.75) is 4.90 Å². The number of fused-ring (bicyclic) bond motifs is 1. The van der Waals surface area contributed by atoms with E-state index in [0.717, 1.165) is 6.07 Å². The number of aromatic nitrogens is 4. The van der Waals surface area contributed by atoms with Crippen LogP contribution in [0, 0.1) is 0 Å². The summed E-state index contributed by atoms with van der Waals surface area (Å²) in [6, 6.07) is 8.43. The van der Waals surface area contributed by atoms with Crippen LogP contribution in [0.15, 0.2) is 52.3 Å². The molecule has 0 spiro atoms. The molecule has 0 aliphatic heterocycles. The van der Waals surface area contributed by atoms with Crippen molar-refractivity contribution >= 4 is 38.6 Å². The number of amides is 1. The number of hydrazine groups is 1. The summed E-state index contributed by atoms with van der Waals surface area (Å²) in [6.45, 7) is 0. The van der Waals surface area contributed by atoms with E-state index in [1.807, 2.05) is 0 Å². The lowest BCUT2D eigenvalue weighted by atomic mass is 10.2. The first kappa shape index (κ1) is 25.3. The molecule has 2 heterocycles. The summed E-state index contributed by atoms with van der Waals surface area (Å²) in [4.78, 5) is 31.4. The minimum atomic E-state index is -4.23. The molecule has 0 saturated heterocycles. The third kappa shape index (κ3) is 5.11. The van der Waals surface area contributed by atoms with Gasteiger partial charge in [0.05, 0.1) is 33.2 Å². The lowest BCUT2D eigenvalue weighted by Gasteiger charge is -2.15. The number of hydrogen-bond acceptors (Lipinski definition) is 10. The second-order valence-electron chi connectivity index (χ2n) is 7.54. The van der Waals surface area contributed by atoms with Gasteiger partial charge in [-0.1, -0.05) is 0 Å². The summed E-state index contributed by atoms with van der Waals surface area (Å²) >= 11 is 0. The second-order valence-corrected chi connectivity index (χ2v) is 9.19. The van der Waals surface area contributed by atoms with Crippen molar-refractivity contribution in [2.24, 2.45) is 7.05 Å². The number of nitrogens with one attached hydrogen (secondary N) is 4. The predicted molar refractivity (Wildman–Crippen MR) is 134 cm³/mol. The summed E-state index contributed by atoms with van der Waals surface area (Å²) in [5, 5.41) is 4.25. The van der Waals surface area contributed by atoms with Crippen LogP contribution < -0.4 is 35.3 Å². The number of rotatable bonds is 9. The predicted octanol–water partition coefficient (Wildman–Crippen LogP) is 1.24. The van der Waals surface area contributed by atoms with Crippen molar-refractivity contribution in [3.05, 3.63) is 58.5 Å². The Morgan fingerprint density at radius 3 is 2.49 bits per heavy atom. The Morgan fingerprint density at radius 2 is 1.78 bits per heavy atom. The van der Waals surface area contributed by atoms with Crippen LogP contribution in [-0.2, 0) is 17.1 Å². The molecule has 0 aliphatic rings. The number of nitrogens with zero attached hydrogens (tertiary/aromatic N) is 3. The fourth-order valence-corrected chi connectivity index (χ4v) is 4.66. The summed E-state index contributed by atoms with van der Waals surface area (Å²) in [7, 11) is 1.56. The van der Waals surface area contributed by atoms with Crippen molar-refractivity contribution in [1.82, 2.24) is 25.2 Å². The molecule has 0 radical (unpaired) electrons. The van der Waals surface area contributed by atoms with Crippen molar-refractivity contribution in [3.63, 3.8) is 0 Å². The average Bonchev–Trinajstić information content (AvgIpc) is 3.27. The molecule has 14 nitrogen and oxygen atoms in total. The monoisotopic (exact) mass is 529 g/mol. The molecule has 1 amide bonds. The molecule has 0 saturated carbocycles. The topological polar surface area (TPSA) is 179 Å². The van der Waals surface area contributed by atoms with E-state index in [9.17, 15) is 18.0 Å². The lowest BCUT2D eigenvalue weighted by molar-refractivity contribution is 0.0962. The van der Waals surface area contributed by atoms with Gasteiger partial charge in [-0.25, -0.2) is 8.42 Å². The largest absolute Gasteiger partial charge is 0.497 e. The number of sulfonamides is 1. The maximum Gasteiger partial charge on any atom is 0.269 e. The summed E-state index contributed by atoms with van der Waals surface area (Å²) in [5.41, 5.74) is 4.88. The molecule has 0 fully saturated rings. The van der Waals surface area contributed by atoms with Gasteiger partial charge in [0.15, 0.2) is 5.65 Å². The van der Waals surface area contributed by atoms with Gasteiger partial charge in [0.1, 0.15) is 27.5 Å². The quantitative estimate of drug-likeness (QED) is 0.231. The first-order valence-corrected chi connectivity index (χ1v) is 12.1. The number of ether oxygens (including phenoxy) is 3. The third-order valence-electron chi connectivity index (χ3n) is 5.26. The van der Waals surface area contributed by atoms with E-state index in [0.29, 0.717) is 11.4 Å². The molecule has 2 aromatic carbocycles. The number of methoxy groups -OCH3 is 3. The van der Waals surface area contributed by atoms with Crippen LogP contribution in [-0.4, -0.2) is 55.4 Å². The van der Waals surface area contributed by atoms with Gasteiger partial charge in [-0.15, -0.1) is 0 Å². The summed E-state index contributed by atoms with van der Waals surface area (Å²) in [5.74, 6) is -0.0242. The molecule has 4 rings (SSSR count). The van der Waals surface area contributed by atoms with Crippen molar-refractivity contribution < 1.29 is 27.4 Å².